The van der Waals surface area contributed by atoms with Crippen molar-refractivity contribution in [2.24, 2.45) is 0 Å². The molecule has 0 spiro atoms. The molecule has 7 heteroatoms. The smallest absolute Gasteiger partial charge is 0.316 e. The van der Waals surface area contributed by atoms with Crippen molar-refractivity contribution in [3.05, 3.63) is 58.4 Å². The van der Waals surface area contributed by atoms with E-state index in [9.17, 15) is 4.79 Å². The summed E-state index contributed by atoms with van der Waals surface area (Å²) in [5, 5.41) is 3.45. The Labute approximate surface area is 167 Å². The Bertz CT molecular complexity index is 903. The van der Waals surface area contributed by atoms with E-state index in [0.717, 1.165) is 34.1 Å². The number of aromatic nitrogens is 3. The van der Waals surface area contributed by atoms with Crippen LogP contribution in [-0.4, -0.2) is 26.7 Å². The minimum absolute atomic E-state index is 0.177. The molecule has 0 atom stereocenters. The van der Waals surface area contributed by atoms with Crippen LogP contribution in [0.4, 0.5) is 0 Å². The van der Waals surface area contributed by atoms with Crippen LogP contribution < -0.4 is 0 Å². The Kier molecular flexibility index (Phi) is 6.58. The molecule has 0 bridgehead atoms. The minimum atomic E-state index is -0.301. The van der Waals surface area contributed by atoms with Gasteiger partial charge in [0.1, 0.15) is 11.6 Å². The summed E-state index contributed by atoms with van der Waals surface area (Å²) in [5.74, 6) is -0.122. The van der Waals surface area contributed by atoms with E-state index in [1.165, 1.54) is 17.3 Å². The number of thiazole rings is 1. The lowest BCUT2D eigenvalue weighted by atomic mass is 10.1. The maximum atomic E-state index is 12.0. The number of carbonyl (C=O) groups excluding carboxylic acids is 1. The summed E-state index contributed by atoms with van der Waals surface area (Å²) in [6.45, 7) is 6.13. The highest BCUT2D eigenvalue weighted by Gasteiger charge is 2.10. The molecule has 2 heterocycles. The Balaban J connectivity index is 1.51. The highest BCUT2D eigenvalue weighted by molar-refractivity contribution is 7.99. The maximum absolute atomic E-state index is 12.0. The molecular formula is C20H21N3O2S2. The highest BCUT2D eigenvalue weighted by Crippen LogP contribution is 2.24. The number of benzene rings is 1. The van der Waals surface area contributed by atoms with Gasteiger partial charge in [0, 0.05) is 22.3 Å². The van der Waals surface area contributed by atoms with E-state index in [0.29, 0.717) is 5.16 Å². The van der Waals surface area contributed by atoms with Gasteiger partial charge in [0.15, 0.2) is 5.16 Å². The van der Waals surface area contributed by atoms with Crippen LogP contribution in [0.3, 0.4) is 0 Å². The molecule has 0 radical (unpaired) electrons. The number of aryl methyl sites for hydroxylation is 3. The Morgan fingerprint density at radius 1 is 1.11 bits per heavy atom. The number of esters is 1. The zero-order valence-electron chi connectivity index (χ0n) is 15.6. The molecule has 1 aromatic carbocycles. The molecule has 0 unspecified atom stereocenters. The molecule has 5 nitrogen and oxygen atoms in total. The third-order valence-corrected chi connectivity index (χ3v) is 5.58. The summed E-state index contributed by atoms with van der Waals surface area (Å²) < 4.78 is 5.32. The van der Waals surface area contributed by atoms with Gasteiger partial charge in [0.25, 0.3) is 0 Å². The summed E-state index contributed by atoms with van der Waals surface area (Å²) in [4.78, 5) is 25.2. The van der Waals surface area contributed by atoms with Gasteiger partial charge in [0.05, 0.1) is 11.4 Å². The van der Waals surface area contributed by atoms with Gasteiger partial charge in [-0.05, 0) is 31.9 Å². The lowest BCUT2D eigenvalue weighted by Crippen LogP contribution is -2.08. The van der Waals surface area contributed by atoms with Crippen LogP contribution in [0.1, 0.15) is 29.6 Å². The monoisotopic (exact) mass is 399 g/mol. The number of carbonyl (C=O) groups is 1. The van der Waals surface area contributed by atoms with Gasteiger partial charge in [-0.1, -0.05) is 43.0 Å². The normalized spacial score (nSPS) is 10.8. The number of thioether (sulfide) groups is 1. The number of hydrogen-bond donors (Lipinski definition) is 0. The first-order chi connectivity index (χ1) is 13.0. The molecule has 2 aromatic heterocycles. The molecule has 0 aliphatic heterocycles. The largest absolute Gasteiger partial charge is 0.459 e. The van der Waals surface area contributed by atoms with Crippen molar-refractivity contribution in [3.8, 4) is 10.6 Å². The Morgan fingerprint density at radius 3 is 2.48 bits per heavy atom. The van der Waals surface area contributed by atoms with Crippen molar-refractivity contribution in [2.75, 3.05) is 5.75 Å². The molecule has 0 aliphatic carbocycles. The zero-order valence-corrected chi connectivity index (χ0v) is 17.2. The lowest BCUT2D eigenvalue weighted by Gasteiger charge is -2.04. The molecule has 3 aromatic rings. The predicted molar refractivity (Wildman–Crippen MR) is 109 cm³/mol. The number of ether oxygens (including phenoxy) is 1. The standard InChI is InChI=1S/C20H21N3O2S2/c1-4-15-5-7-16(8-6-15)19-23-17(11-26-19)10-25-18(24)12-27-20-21-13(2)9-14(3)22-20/h5-9,11H,4,10,12H2,1-3H3. The molecule has 0 aliphatic rings. The lowest BCUT2D eigenvalue weighted by molar-refractivity contribution is -0.141. The summed E-state index contributed by atoms with van der Waals surface area (Å²) in [6, 6.07) is 10.3. The van der Waals surface area contributed by atoms with Gasteiger partial charge in [-0.25, -0.2) is 15.0 Å². The highest BCUT2D eigenvalue weighted by atomic mass is 32.2. The van der Waals surface area contributed by atoms with E-state index < -0.39 is 0 Å². The van der Waals surface area contributed by atoms with Gasteiger partial charge in [-0.2, -0.15) is 0 Å². The van der Waals surface area contributed by atoms with Crippen molar-refractivity contribution >= 4 is 29.1 Å². The van der Waals surface area contributed by atoms with Crippen molar-refractivity contribution in [2.45, 2.75) is 39.0 Å². The molecule has 3 rings (SSSR count). The van der Waals surface area contributed by atoms with Crippen molar-refractivity contribution in [3.63, 3.8) is 0 Å². The van der Waals surface area contributed by atoms with E-state index in [4.69, 9.17) is 4.74 Å². The topological polar surface area (TPSA) is 65.0 Å². The van der Waals surface area contributed by atoms with E-state index in [1.54, 1.807) is 11.3 Å². The van der Waals surface area contributed by atoms with Crippen molar-refractivity contribution in [1.29, 1.82) is 0 Å². The van der Waals surface area contributed by atoms with Crippen LogP contribution in [0.5, 0.6) is 0 Å². The Hall–Kier alpha value is -2.25. The average molecular weight is 400 g/mol. The summed E-state index contributed by atoms with van der Waals surface area (Å²) in [7, 11) is 0. The van der Waals surface area contributed by atoms with Crippen LogP contribution in [0.25, 0.3) is 10.6 Å². The third kappa shape index (κ3) is 5.61. The van der Waals surface area contributed by atoms with Crippen molar-refractivity contribution in [1.82, 2.24) is 15.0 Å². The fourth-order valence-corrected chi connectivity index (χ4v) is 4.02. The molecule has 0 N–H and O–H groups in total. The second-order valence-electron chi connectivity index (χ2n) is 6.08. The predicted octanol–water partition coefficient (Wildman–Crippen LogP) is 4.61. The molecule has 0 saturated carbocycles. The second-order valence-corrected chi connectivity index (χ2v) is 7.88. The molecular weight excluding hydrogens is 378 g/mol. The SMILES string of the molecule is CCc1ccc(-c2nc(COC(=O)CSc3nc(C)cc(C)n3)cs2)cc1. The summed E-state index contributed by atoms with van der Waals surface area (Å²) in [6.07, 6.45) is 1.02. The van der Waals surface area contributed by atoms with E-state index >= 15 is 0 Å². The fourth-order valence-electron chi connectivity index (χ4n) is 2.47. The molecule has 27 heavy (non-hydrogen) atoms. The molecule has 0 saturated heterocycles. The average Bonchev–Trinajstić information content (AvgIpc) is 3.13. The first-order valence-electron chi connectivity index (χ1n) is 8.68. The van der Waals surface area contributed by atoms with E-state index in [2.05, 4.69) is 46.1 Å². The first kappa shape index (κ1) is 19.5. The van der Waals surface area contributed by atoms with Gasteiger partial charge in [0.2, 0.25) is 0 Å². The molecule has 0 fully saturated rings. The number of rotatable bonds is 7. The van der Waals surface area contributed by atoms with Crippen molar-refractivity contribution < 1.29 is 9.53 Å². The van der Waals surface area contributed by atoms with Gasteiger partial charge in [-0.3, -0.25) is 4.79 Å². The molecule has 140 valence electrons. The van der Waals surface area contributed by atoms with Crippen LogP contribution >= 0.6 is 23.1 Å². The molecule has 0 amide bonds. The first-order valence-corrected chi connectivity index (χ1v) is 10.5. The zero-order chi connectivity index (χ0) is 19.2. The van der Waals surface area contributed by atoms with Crippen LogP contribution in [0.2, 0.25) is 0 Å². The van der Waals surface area contributed by atoms with E-state index in [-0.39, 0.29) is 18.3 Å². The van der Waals surface area contributed by atoms with Gasteiger partial charge in [-0.15, -0.1) is 11.3 Å². The Morgan fingerprint density at radius 2 is 1.81 bits per heavy atom. The maximum Gasteiger partial charge on any atom is 0.316 e. The van der Waals surface area contributed by atoms with Crippen LogP contribution in [0.15, 0.2) is 40.9 Å². The van der Waals surface area contributed by atoms with E-state index in [1.807, 2.05) is 25.3 Å². The summed E-state index contributed by atoms with van der Waals surface area (Å²) in [5.41, 5.74) is 4.92. The minimum Gasteiger partial charge on any atom is -0.459 e. The van der Waals surface area contributed by atoms with Crippen LogP contribution in [0, 0.1) is 13.8 Å². The summed E-state index contributed by atoms with van der Waals surface area (Å²) >= 11 is 2.84. The fraction of sp³-hybridized carbons (Fsp3) is 0.300. The quantitative estimate of drug-likeness (QED) is 0.328. The van der Waals surface area contributed by atoms with Gasteiger partial charge >= 0.3 is 5.97 Å². The van der Waals surface area contributed by atoms with Gasteiger partial charge < -0.3 is 4.74 Å². The number of hydrogen-bond acceptors (Lipinski definition) is 7. The van der Waals surface area contributed by atoms with Crippen LogP contribution in [-0.2, 0) is 22.6 Å². The third-order valence-electron chi connectivity index (χ3n) is 3.82. The second kappa shape index (κ2) is 9.10. The number of nitrogens with zero attached hydrogens (tertiary/aromatic N) is 3.